The Kier molecular flexibility index (Phi) is 5.15. The van der Waals surface area contributed by atoms with E-state index in [9.17, 15) is 13.6 Å². The lowest BCUT2D eigenvalue weighted by molar-refractivity contribution is 0.0672. The molecule has 0 radical (unpaired) electrons. The number of hydrogen-bond acceptors (Lipinski definition) is 3. The maximum Gasteiger partial charge on any atom is 0.255 e. The predicted octanol–water partition coefficient (Wildman–Crippen LogP) is 3.80. The molecule has 2 fully saturated rings. The second-order valence-corrected chi connectivity index (χ2v) is 8.19. The van der Waals surface area contributed by atoms with E-state index < -0.39 is 11.6 Å². The fourth-order valence-corrected chi connectivity index (χ4v) is 4.58. The number of carbonyl (C=O) groups is 1. The summed E-state index contributed by atoms with van der Waals surface area (Å²) in [5.41, 5.74) is 1.95. The monoisotopic (exact) mass is 385 g/mol. The average Bonchev–Trinajstić information content (AvgIpc) is 3.09. The highest BCUT2D eigenvalue weighted by Gasteiger charge is 2.43. The van der Waals surface area contributed by atoms with Crippen molar-refractivity contribution in [3.63, 3.8) is 0 Å². The molecule has 3 heterocycles. The van der Waals surface area contributed by atoms with Gasteiger partial charge in [-0.15, -0.1) is 0 Å². The Bertz CT molecular complexity index is 871. The summed E-state index contributed by atoms with van der Waals surface area (Å²) in [4.78, 5) is 21.2. The van der Waals surface area contributed by atoms with Gasteiger partial charge in [-0.2, -0.15) is 0 Å². The SMILES string of the molecule is Cc1ccc(C(=O)N2CC[C@@]3(CCCN(Cc4cccc(F)c4F)C3)C2)cn1. The van der Waals surface area contributed by atoms with Crippen LogP contribution in [-0.4, -0.2) is 46.9 Å². The molecule has 4 nitrogen and oxygen atoms in total. The number of pyridine rings is 1. The molecule has 148 valence electrons. The van der Waals surface area contributed by atoms with Gasteiger partial charge in [0.15, 0.2) is 11.6 Å². The number of aryl methyl sites for hydroxylation is 1. The molecule has 1 spiro atoms. The van der Waals surface area contributed by atoms with Crippen molar-refractivity contribution >= 4 is 5.91 Å². The van der Waals surface area contributed by atoms with E-state index in [1.165, 1.54) is 0 Å². The first-order valence-corrected chi connectivity index (χ1v) is 9.83. The van der Waals surface area contributed by atoms with Crippen LogP contribution in [0.1, 0.15) is 40.9 Å². The first kappa shape index (κ1) is 19.0. The molecule has 28 heavy (non-hydrogen) atoms. The molecule has 1 aromatic carbocycles. The number of likely N-dealkylation sites (tertiary alicyclic amines) is 2. The Balaban J connectivity index is 1.43. The molecule has 0 saturated carbocycles. The summed E-state index contributed by atoms with van der Waals surface area (Å²) in [7, 11) is 0. The summed E-state index contributed by atoms with van der Waals surface area (Å²) in [6.07, 6.45) is 4.65. The lowest BCUT2D eigenvalue weighted by Gasteiger charge is -2.40. The first-order valence-electron chi connectivity index (χ1n) is 9.83. The lowest BCUT2D eigenvalue weighted by Crippen LogP contribution is -2.45. The van der Waals surface area contributed by atoms with E-state index in [2.05, 4.69) is 9.88 Å². The van der Waals surface area contributed by atoms with E-state index in [0.29, 0.717) is 24.2 Å². The van der Waals surface area contributed by atoms with Gasteiger partial charge in [-0.3, -0.25) is 14.7 Å². The lowest BCUT2D eigenvalue weighted by atomic mass is 9.79. The Morgan fingerprint density at radius 1 is 1.14 bits per heavy atom. The van der Waals surface area contributed by atoms with Gasteiger partial charge in [-0.05, 0) is 50.9 Å². The summed E-state index contributed by atoms with van der Waals surface area (Å²) < 4.78 is 27.6. The van der Waals surface area contributed by atoms with Crippen molar-refractivity contribution in [3.8, 4) is 0 Å². The molecular weight excluding hydrogens is 360 g/mol. The zero-order valence-corrected chi connectivity index (χ0v) is 16.1. The van der Waals surface area contributed by atoms with Crippen molar-refractivity contribution in [2.75, 3.05) is 26.2 Å². The number of aromatic nitrogens is 1. The van der Waals surface area contributed by atoms with Crippen LogP contribution in [0.5, 0.6) is 0 Å². The van der Waals surface area contributed by atoms with Gasteiger partial charge in [0.25, 0.3) is 5.91 Å². The molecule has 4 rings (SSSR count). The number of carbonyl (C=O) groups excluding carboxylic acids is 1. The molecule has 1 aromatic heterocycles. The fraction of sp³-hybridized carbons (Fsp3) is 0.455. The molecule has 2 aliphatic heterocycles. The molecule has 1 amide bonds. The molecule has 0 unspecified atom stereocenters. The molecule has 2 aliphatic rings. The van der Waals surface area contributed by atoms with E-state index in [1.54, 1.807) is 18.3 Å². The Morgan fingerprint density at radius 3 is 2.79 bits per heavy atom. The highest BCUT2D eigenvalue weighted by atomic mass is 19.2. The van der Waals surface area contributed by atoms with Gasteiger partial charge in [0.05, 0.1) is 5.56 Å². The fourth-order valence-electron chi connectivity index (χ4n) is 4.58. The number of benzene rings is 1. The van der Waals surface area contributed by atoms with Crippen LogP contribution in [0.15, 0.2) is 36.5 Å². The van der Waals surface area contributed by atoms with Gasteiger partial charge in [0, 0.05) is 49.0 Å². The number of amides is 1. The molecule has 2 aromatic rings. The second-order valence-electron chi connectivity index (χ2n) is 8.19. The third kappa shape index (κ3) is 3.78. The van der Waals surface area contributed by atoms with Gasteiger partial charge in [-0.25, -0.2) is 8.78 Å². The zero-order chi connectivity index (χ0) is 19.7. The number of hydrogen-bond donors (Lipinski definition) is 0. The van der Waals surface area contributed by atoms with Gasteiger partial charge in [0.2, 0.25) is 0 Å². The van der Waals surface area contributed by atoms with Crippen molar-refractivity contribution in [3.05, 3.63) is 65.0 Å². The summed E-state index contributed by atoms with van der Waals surface area (Å²) in [6, 6.07) is 8.04. The number of nitrogens with zero attached hydrogens (tertiary/aromatic N) is 3. The quantitative estimate of drug-likeness (QED) is 0.807. The number of rotatable bonds is 3. The molecule has 0 bridgehead atoms. The van der Waals surface area contributed by atoms with Gasteiger partial charge >= 0.3 is 0 Å². The van der Waals surface area contributed by atoms with E-state index in [-0.39, 0.29) is 11.3 Å². The zero-order valence-electron chi connectivity index (χ0n) is 16.1. The summed E-state index contributed by atoms with van der Waals surface area (Å²) >= 11 is 0. The van der Waals surface area contributed by atoms with E-state index in [4.69, 9.17) is 0 Å². The van der Waals surface area contributed by atoms with Crippen LogP contribution >= 0.6 is 0 Å². The van der Waals surface area contributed by atoms with Crippen LogP contribution in [0.4, 0.5) is 8.78 Å². The van der Waals surface area contributed by atoms with Crippen LogP contribution in [0.3, 0.4) is 0 Å². The van der Waals surface area contributed by atoms with Crippen molar-refractivity contribution in [1.82, 2.24) is 14.8 Å². The minimum absolute atomic E-state index is 0.0256. The standard InChI is InChI=1S/C22H25F2N3O/c1-16-6-7-17(12-25-16)21(28)27-11-9-22(15-27)8-3-10-26(14-22)13-18-4-2-5-19(23)20(18)24/h2,4-7,12H,3,8-11,13-15H2,1H3/t22-/m1/s1. The van der Waals surface area contributed by atoms with Crippen molar-refractivity contribution in [2.45, 2.75) is 32.7 Å². The van der Waals surface area contributed by atoms with E-state index in [1.807, 2.05) is 24.0 Å². The number of halogens is 2. The van der Waals surface area contributed by atoms with Crippen molar-refractivity contribution < 1.29 is 13.6 Å². The maximum atomic E-state index is 14.0. The Hall–Kier alpha value is -2.34. The van der Waals surface area contributed by atoms with E-state index in [0.717, 1.165) is 50.7 Å². The predicted molar refractivity (Wildman–Crippen MR) is 103 cm³/mol. The summed E-state index contributed by atoms with van der Waals surface area (Å²) in [5.74, 6) is -1.52. The normalized spacial score (nSPS) is 22.8. The summed E-state index contributed by atoms with van der Waals surface area (Å²) in [6.45, 7) is 5.42. The highest BCUT2D eigenvalue weighted by molar-refractivity contribution is 5.94. The van der Waals surface area contributed by atoms with Crippen LogP contribution < -0.4 is 0 Å². The van der Waals surface area contributed by atoms with Crippen LogP contribution in [0.2, 0.25) is 0 Å². The Labute approximate surface area is 164 Å². The van der Waals surface area contributed by atoms with Gasteiger partial charge in [-0.1, -0.05) is 12.1 Å². The van der Waals surface area contributed by atoms with Gasteiger partial charge < -0.3 is 4.90 Å². The molecule has 0 aliphatic carbocycles. The van der Waals surface area contributed by atoms with Crippen LogP contribution in [-0.2, 0) is 6.54 Å². The maximum absolute atomic E-state index is 14.0. The average molecular weight is 385 g/mol. The van der Waals surface area contributed by atoms with Crippen LogP contribution in [0.25, 0.3) is 0 Å². The topological polar surface area (TPSA) is 36.4 Å². The smallest absolute Gasteiger partial charge is 0.255 e. The summed E-state index contributed by atoms with van der Waals surface area (Å²) in [5, 5.41) is 0. The molecule has 1 atom stereocenters. The number of piperidine rings is 1. The third-order valence-electron chi connectivity index (χ3n) is 6.05. The minimum Gasteiger partial charge on any atom is -0.338 e. The molecule has 2 saturated heterocycles. The van der Waals surface area contributed by atoms with Crippen molar-refractivity contribution in [1.29, 1.82) is 0 Å². The van der Waals surface area contributed by atoms with Gasteiger partial charge in [0.1, 0.15) is 0 Å². The van der Waals surface area contributed by atoms with Crippen LogP contribution in [0, 0.1) is 24.0 Å². The Morgan fingerprint density at radius 2 is 2.00 bits per heavy atom. The molecule has 6 heteroatoms. The van der Waals surface area contributed by atoms with E-state index >= 15 is 0 Å². The minimum atomic E-state index is -0.798. The highest BCUT2D eigenvalue weighted by Crippen LogP contribution is 2.40. The molecular formula is C22H25F2N3O. The second kappa shape index (κ2) is 7.59. The largest absolute Gasteiger partial charge is 0.338 e. The molecule has 0 N–H and O–H groups in total. The van der Waals surface area contributed by atoms with Crippen molar-refractivity contribution in [2.24, 2.45) is 5.41 Å². The third-order valence-corrected chi connectivity index (χ3v) is 6.05. The first-order chi connectivity index (χ1) is 13.5.